The van der Waals surface area contributed by atoms with Crippen LogP contribution in [0, 0.1) is 0 Å². The number of methoxy groups -OCH3 is 1. The highest BCUT2D eigenvalue weighted by atomic mass is 16.5. The average molecular weight is 222 g/mol. The van der Waals surface area contributed by atoms with E-state index in [9.17, 15) is 0 Å². The maximum absolute atomic E-state index is 5.64. The van der Waals surface area contributed by atoms with Gasteiger partial charge < -0.3 is 9.47 Å². The molecule has 0 heterocycles. The monoisotopic (exact) mass is 222 g/mol. The first kappa shape index (κ1) is 12.9. The Labute approximate surface area is 98.6 Å². The summed E-state index contributed by atoms with van der Waals surface area (Å²) in [5.41, 5.74) is 1.23. The number of rotatable bonds is 6. The first-order chi connectivity index (χ1) is 7.69. The molecule has 0 unspecified atom stereocenters. The molecule has 0 aliphatic rings. The molecule has 0 saturated carbocycles. The first-order valence-corrected chi connectivity index (χ1v) is 5.99. The second-order valence-corrected chi connectivity index (χ2v) is 4.26. The molecule has 0 fully saturated rings. The van der Waals surface area contributed by atoms with E-state index in [0.29, 0.717) is 5.92 Å². The highest BCUT2D eigenvalue weighted by Crippen LogP contribution is 2.30. The zero-order valence-corrected chi connectivity index (χ0v) is 10.7. The first-order valence-electron chi connectivity index (χ1n) is 5.99. The Kier molecular flexibility index (Phi) is 5.17. The fourth-order valence-electron chi connectivity index (χ4n) is 1.59. The van der Waals surface area contributed by atoms with E-state index in [4.69, 9.17) is 9.47 Å². The van der Waals surface area contributed by atoms with Gasteiger partial charge in [0.1, 0.15) is 11.5 Å². The third-order valence-corrected chi connectivity index (χ3v) is 2.59. The third kappa shape index (κ3) is 3.44. The van der Waals surface area contributed by atoms with Crippen molar-refractivity contribution >= 4 is 0 Å². The van der Waals surface area contributed by atoms with Crippen LogP contribution in [0.4, 0.5) is 0 Å². The van der Waals surface area contributed by atoms with E-state index in [0.717, 1.165) is 30.9 Å². The predicted octanol–water partition coefficient (Wildman–Crippen LogP) is 4.00. The maximum atomic E-state index is 5.64. The molecule has 1 rings (SSSR count). The topological polar surface area (TPSA) is 18.5 Å². The zero-order valence-electron chi connectivity index (χ0n) is 10.7. The highest BCUT2D eigenvalue weighted by Gasteiger charge is 2.08. The molecule has 0 radical (unpaired) electrons. The summed E-state index contributed by atoms with van der Waals surface area (Å²) in [5.74, 6) is 2.29. The lowest BCUT2D eigenvalue weighted by Gasteiger charge is -2.13. The van der Waals surface area contributed by atoms with E-state index in [-0.39, 0.29) is 0 Å². The third-order valence-electron chi connectivity index (χ3n) is 2.59. The summed E-state index contributed by atoms with van der Waals surface area (Å²) in [7, 11) is 1.71. The smallest absolute Gasteiger partial charge is 0.126 e. The number of hydrogen-bond acceptors (Lipinski definition) is 2. The van der Waals surface area contributed by atoms with Crippen LogP contribution in [0.1, 0.15) is 45.1 Å². The summed E-state index contributed by atoms with van der Waals surface area (Å²) in [4.78, 5) is 0. The molecule has 0 amide bonds. The lowest BCUT2D eigenvalue weighted by molar-refractivity contribution is 0.306. The van der Waals surface area contributed by atoms with Crippen LogP contribution in [0.3, 0.4) is 0 Å². The molecule has 1 aromatic rings. The molecule has 0 saturated heterocycles. The van der Waals surface area contributed by atoms with E-state index >= 15 is 0 Å². The van der Waals surface area contributed by atoms with Crippen LogP contribution in [0.15, 0.2) is 18.2 Å². The van der Waals surface area contributed by atoms with Crippen LogP contribution < -0.4 is 9.47 Å². The molecule has 0 atom stereocenters. The SMILES string of the molecule is CCCCOc1ccc(C(C)C)c(OC)c1. The quantitative estimate of drug-likeness (QED) is 0.677. The maximum Gasteiger partial charge on any atom is 0.126 e. The molecule has 2 nitrogen and oxygen atoms in total. The summed E-state index contributed by atoms with van der Waals surface area (Å²) in [6.07, 6.45) is 2.25. The molecule has 0 aromatic heterocycles. The van der Waals surface area contributed by atoms with E-state index < -0.39 is 0 Å². The van der Waals surface area contributed by atoms with Crippen molar-refractivity contribution in [2.24, 2.45) is 0 Å². The van der Waals surface area contributed by atoms with Gasteiger partial charge in [0.25, 0.3) is 0 Å². The van der Waals surface area contributed by atoms with Crippen molar-refractivity contribution in [3.8, 4) is 11.5 Å². The lowest BCUT2D eigenvalue weighted by atomic mass is 10.0. The summed E-state index contributed by atoms with van der Waals surface area (Å²) in [6, 6.07) is 6.09. The molecule has 0 bridgehead atoms. The molecule has 2 heteroatoms. The normalized spacial score (nSPS) is 10.6. The van der Waals surface area contributed by atoms with Crippen molar-refractivity contribution in [2.75, 3.05) is 13.7 Å². The van der Waals surface area contributed by atoms with E-state index in [1.165, 1.54) is 5.56 Å². The van der Waals surface area contributed by atoms with Crippen molar-refractivity contribution in [3.63, 3.8) is 0 Å². The van der Waals surface area contributed by atoms with Gasteiger partial charge in [-0.15, -0.1) is 0 Å². The molecule has 90 valence electrons. The van der Waals surface area contributed by atoms with Gasteiger partial charge in [-0.3, -0.25) is 0 Å². The van der Waals surface area contributed by atoms with E-state index in [1.54, 1.807) is 7.11 Å². The van der Waals surface area contributed by atoms with Crippen LogP contribution >= 0.6 is 0 Å². The minimum absolute atomic E-state index is 0.472. The molecule has 0 N–H and O–H groups in total. The predicted molar refractivity (Wildman–Crippen MR) is 67.5 cm³/mol. The Morgan fingerprint density at radius 1 is 1.25 bits per heavy atom. The van der Waals surface area contributed by atoms with Gasteiger partial charge in [-0.2, -0.15) is 0 Å². The summed E-state index contributed by atoms with van der Waals surface area (Å²) >= 11 is 0. The Balaban J connectivity index is 2.74. The number of unbranched alkanes of at least 4 members (excludes halogenated alkanes) is 1. The van der Waals surface area contributed by atoms with Gasteiger partial charge >= 0.3 is 0 Å². The van der Waals surface area contributed by atoms with E-state index in [2.05, 4.69) is 26.8 Å². The van der Waals surface area contributed by atoms with Crippen LogP contribution in [0.2, 0.25) is 0 Å². The molecule has 16 heavy (non-hydrogen) atoms. The highest BCUT2D eigenvalue weighted by molar-refractivity contribution is 5.42. The van der Waals surface area contributed by atoms with Crippen LogP contribution in [0.5, 0.6) is 11.5 Å². The van der Waals surface area contributed by atoms with Gasteiger partial charge in [0.2, 0.25) is 0 Å². The fraction of sp³-hybridized carbons (Fsp3) is 0.571. The molecular formula is C14H22O2. The molecular weight excluding hydrogens is 200 g/mol. The number of benzene rings is 1. The number of ether oxygens (including phenoxy) is 2. The Morgan fingerprint density at radius 3 is 2.56 bits per heavy atom. The van der Waals surface area contributed by atoms with Gasteiger partial charge in [0, 0.05) is 6.07 Å². The number of hydrogen-bond donors (Lipinski definition) is 0. The Bertz CT molecular complexity index is 319. The average Bonchev–Trinajstić information content (AvgIpc) is 2.29. The van der Waals surface area contributed by atoms with Crippen molar-refractivity contribution in [1.82, 2.24) is 0 Å². The van der Waals surface area contributed by atoms with Gasteiger partial charge in [-0.05, 0) is 24.0 Å². The van der Waals surface area contributed by atoms with Crippen molar-refractivity contribution in [2.45, 2.75) is 39.5 Å². The van der Waals surface area contributed by atoms with Gasteiger partial charge in [-0.1, -0.05) is 33.3 Å². The lowest BCUT2D eigenvalue weighted by Crippen LogP contribution is -1.99. The fourth-order valence-corrected chi connectivity index (χ4v) is 1.59. The van der Waals surface area contributed by atoms with Crippen molar-refractivity contribution in [3.05, 3.63) is 23.8 Å². The van der Waals surface area contributed by atoms with Crippen molar-refractivity contribution in [1.29, 1.82) is 0 Å². The molecule has 0 aliphatic carbocycles. The largest absolute Gasteiger partial charge is 0.496 e. The zero-order chi connectivity index (χ0) is 12.0. The second kappa shape index (κ2) is 6.41. The minimum atomic E-state index is 0.472. The molecule has 1 aromatic carbocycles. The Hall–Kier alpha value is -1.18. The van der Waals surface area contributed by atoms with Gasteiger partial charge in [0.15, 0.2) is 0 Å². The minimum Gasteiger partial charge on any atom is -0.496 e. The summed E-state index contributed by atoms with van der Waals surface area (Å²) in [5, 5.41) is 0. The Morgan fingerprint density at radius 2 is 2.00 bits per heavy atom. The van der Waals surface area contributed by atoms with E-state index in [1.807, 2.05) is 12.1 Å². The van der Waals surface area contributed by atoms with Crippen molar-refractivity contribution < 1.29 is 9.47 Å². The molecule has 0 spiro atoms. The van der Waals surface area contributed by atoms with Crippen LogP contribution in [0.25, 0.3) is 0 Å². The summed E-state index contributed by atoms with van der Waals surface area (Å²) in [6.45, 7) is 7.26. The molecule has 0 aliphatic heterocycles. The summed E-state index contributed by atoms with van der Waals surface area (Å²) < 4.78 is 11.0. The standard InChI is InChI=1S/C14H22O2/c1-5-6-9-16-12-7-8-13(11(2)3)14(10-12)15-4/h7-8,10-11H,5-6,9H2,1-4H3. The van der Waals surface area contributed by atoms with Gasteiger partial charge in [-0.25, -0.2) is 0 Å². The van der Waals surface area contributed by atoms with Gasteiger partial charge in [0.05, 0.1) is 13.7 Å². The second-order valence-electron chi connectivity index (χ2n) is 4.26. The van der Waals surface area contributed by atoms with Crippen LogP contribution in [-0.4, -0.2) is 13.7 Å². The van der Waals surface area contributed by atoms with Crippen LogP contribution in [-0.2, 0) is 0 Å².